The fraction of sp³-hybridized carbons (Fsp3) is 0.500. The molecule has 134 valence electrons. The van der Waals surface area contributed by atoms with Gasteiger partial charge in [-0.25, -0.2) is 4.98 Å². The normalized spacial score (nSPS) is 19.0. The Morgan fingerprint density at radius 2 is 1.72 bits per heavy atom. The van der Waals surface area contributed by atoms with Gasteiger partial charge in [0, 0.05) is 32.6 Å². The van der Waals surface area contributed by atoms with Crippen molar-refractivity contribution < 1.29 is 9.53 Å². The second-order valence-corrected chi connectivity index (χ2v) is 8.22. The quantitative estimate of drug-likeness (QED) is 0.840. The maximum Gasteiger partial charge on any atom is 0.254 e. The highest BCUT2D eigenvalue weighted by molar-refractivity contribution is 6.07. The molecule has 1 fully saturated rings. The molecule has 0 unspecified atom stereocenters. The number of hydrogen-bond acceptors (Lipinski definition) is 4. The molecule has 0 aliphatic carbocycles. The minimum Gasteiger partial charge on any atom is -0.366 e. The summed E-state index contributed by atoms with van der Waals surface area (Å²) >= 11 is 0. The number of fused-ring (bicyclic) bond motifs is 1. The van der Waals surface area contributed by atoms with Crippen molar-refractivity contribution >= 4 is 22.6 Å². The molecule has 0 bridgehead atoms. The number of carbonyl (C=O) groups excluding carboxylic acids is 1. The maximum absolute atomic E-state index is 13.4. The number of benzene rings is 1. The molecule has 1 aliphatic heterocycles. The minimum absolute atomic E-state index is 0.0335. The fourth-order valence-electron chi connectivity index (χ4n) is 3.67. The van der Waals surface area contributed by atoms with Gasteiger partial charge in [0.2, 0.25) is 0 Å². The zero-order valence-electron chi connectivity index (χ0n) is 16.0. The van der Waals surface area contributed by atoms with Gasteiger partial charge in [-0.2, -0.15) is 0 Å². The standard InChI is InChI=1S/C20H27N3O2/c1-19(2)12-23(13-20(3,4)25-19)18(24)15-11-17(22(5)6)21-16-10-8-7-9-14(15)16/h7-11H,12-13H2,1-6H3. The molecule has 2 heterocycles. The van der Waals surface area contributed by atoms with Crippen molar-refractivity contribution in [2.75, 3.05) is 32.1 Å². The van der Waals surface area contributed by atoms with Crippen LogP contribution in [0.3, 0.4) is 0 Å². The van der Waals surface area contributed by atoms with E-state index >= 15 is 0 Å². The number of amides is 1. The largest absolute Gasteiger partial charge is 0.366 e. The number of nitrogens with zero attached hydrogens (tertiary/aromatic N) is 3. The van der Waals surface area contributed by atoms with Gasteiger partial charge in [-0.3, -0.25) is 4.79 Å². The van der Waals surface area contributed by atoms with E-state index in [1.165, 1.54) is 0 Å². The van der Waals surface area contributed by atoms with Gasteiger partial charge >= 0.3 is 0 Å². The van der Waals surface area contributed by atoms with Gasteiger partial charge in [-0.15, -0.1) is 0 Å². The van der Waals surface area contributed by atoms with Crippen molar-refractivity contribution in [2.24, 2.45) is 0 Å². The summed E-state index contributed by atoms with van der Waals surface area (Å²) in [5, 5.41) is 0.889. The molecule has 0 saturated carbocycles. The number of carbonyl (C=O) groups is 1. The Labute approximate surface area is 149 Å². The van der Waals surface area contributed by atoms with Crippen molar-refractivity contribution in [2.45, 2.75) is 38.9 Å². The molecule has 0 atom stereocenters. The smallest absolute Gasteiger partial charge is 0.254 e. The van der Waals surface area contributed by atoms with Gasteiger partial charge in [0.05, 0.1) is 22.3 Å². The van der Waals surface area contributed by atoms with E-state index in [0.717, 1.165) is 16.7 Å². The Morgan fingerprint density at radius 3 is 2.32 bits per heavy atom. The van der Waals surface area contributed by atoms with Gasteiger partial charge in [-0.05, 0) is 39.8 Å². The molecule has 1 amide bonds. The highest BCUT2D eigenvalue weighted by Crippen LogP contribution is 2.31. The van der Waals surface area contributed by atoms with Crippen molar-refractivity contribution in [1.29, 1.82) is 0 Å². The molecule has 1 aromatic carbocycles. The van der Waals surface area contributed by atoms with E-state index in [0.29, 0.717) is 18.7 Å². The van der Waals surface area contributed by atoms with E-state index in [1.54, 1.807) is 0 Å². The average Bonchev–Trinajstić information content (AvgIpc) is 2.50. The average molecular weight is 341 g/mol. The predicted octanol–water partition coefficient (Wildman–Crippen LogP) is 3.33. The van der Waals surface area contributed by atoms with Crippen molar-refractivity contribution in [1.82, 2.24) is 9.88 Å². The Bertz CT molecular complexity index is 796. The number of ether oxygens (including phenoxy) is 1. The first-order valence-electron chi connectivity index (χ1n) is 8.65. The number of pyridine rings is 1. The topological polar surface area (TPSA) is 45.7 Å². The van der Waals surface area contributed by atoms with Gasteiger partial charge in [0.25, 0.3) is 5.91 Å². The molecular formula is C20H27N3O2. The van der Waals surface area contributed by atoms with Crippen LogP contribution in [0.5, 0.6) is 0 Å². The molecule has 0 radical (unpaired) electrons. The van der Waals surface area contributed by atoms with Crippen LogP contribution in [-0.4, -0.2) is 54.2 Å². The molecule has 0 N–H and O–H groups in total. The number of anilines is 1. The van der Waals surface area contributed by atoms with Crippen LogP contribution >= 0.6 is 0 Å². The fourth-order valence-corrected chi connectivity index (χ4v) is 3.67. The van der Waals surface area contributed by atoms with Crippen LogP contribution < -0.4 is 4.90 Å². The van der Waals surface area contributed by atoms with Crippen LogP contribution in [-0.2, 0) is 4.74 Å². The Kier molecular flexibility index (Phi) is 4.23. The van der Waals surface area contributed by atoms with Crippen LogP contribution in [0.25, 0.3) is 10.9 Å². The van der Waals surface area contributed by atoms with Crippen LogP contribution in [0.1, 0.15) is 38.1 Å². The lowest BCUT2D eigenvalue weighted by atomic mass is 9.97. The van der Waals surface area contributed by atoms with Crippen molar-refractivity contribution in [3.63, 3.8) is 0 Å². The number of para-hydroxylation sites is 1. The second-order valence-electron chi connectivity index (χ2n) is 8.22. The first kappa shape index (κ1) is 17.7. The molecule has 1 aliphatic rings. The van der Waals surface area contributed by atoms with Crippen LogP contribution in [0.4, 0.5) is 5.82 Å². The van der Waals surface area contributed by atoms with E-state index in [2.05, 4.69) is 4.98 Å². The third-order valence-electron chi connectivity index (χ3n) is 4.37. The molecule has 0 spiro atoms. The van der Waals surface area contributed by atoms with Gasteiger partial charge in [-0.1, -0.05) is 18.2 Å². The summed E-state index contributed by atoms with van der Waals surface area (Å²) in [5.74, 6) is 0.819. The van der Waals surface area contributed by atoms with E-state index in [-0.39, 0.29) is 17.1 Å². The molecule has 5 heteroatoms. The van der Waals surface area contributed by atoms with E-state index in [1.807, 2.05) is 81.9 Å². The first-order chi connectivity index (χ1) is 11.6. The Hall–Kier alpha value is -2.14. The highest BCUT2D eigenvalue weighted by atomic mass is 16.5. The molecular weight excluding hydrogens is 314 g/mol. The van der Waals surface area contributed by atoms with Crippen molar-refractivity contribution in [3.8, 4) is 0 Å². The summed E-state index contributed by atoms with van der Waals surface area (Å²) in [6.07, 6.45) is 0. The lowest BCUT2D eigenvalue weighted by Crippen LogP contribution is -2.58. The van der Waals surface area contributed by atoms with Gasteiger partial charge in [0.1, 0.15) is 5.82 Å². The lowest BCUT2D eigenvalue weighted by molar-refractivity contribution is -0.171. The number of aromatic nitrogens is 1. The molecule has 3 rings (SSSR count). The van der Waals surface area contributed by atoms with Crippen LogP contribution in [0, 0.1) is 0 Å². The molecule has 5 nitrogen and oxygen atoms in total. The number of hydrogen-bond donors (Lipinski definition) is 0. The monoisotopic (exact) mass is 341 g/mol. The molecule has 2 aromatic rings. The SMILES string of the molecule is CN(C)c1cc(C(=O)N2CC(C)(C)OC(C)(C)C2)c2ccccc2n1. The molecule has 1 aromatic heterocycles. The lowest BCUT2D eigenvalue weighted by Gasteiger charge is -2.47. The first-order valence-corrected chi connectivity index (χ1v) is 8.65. The molecule has 25 heavy (non-hydrogen) atoms. The summed E-state index contributed by atoms with van der Waals surface area (Å²) in [7, 11) is 3.87. The van der Waals surface area contributed by atoms with E-state index in [9.17, 15) is 4.79 Å². The summed E-state index contributed by atoms with van der Waals surface area (Å²) in [6.45, 7) is 9.27. The zero-order chi connectivity index (χ0) is 18.4. The molecule has 1 saturated heterocycles. The predicted molar refractivity (Wildman–Crippen MR) is 101 cm³/mol. The minimum atomic E-state index is -0.370. The maximum atomic E-state index is 13.4. The van der Waals surface area contributed by atoms with E-state index < -0.39 is 0 Å². The Balaban J connectivity index is 2.07. The Morgan fingerprint density at radius 1 is 1.12 bits per heavy atom. The number of rotatable bonds is 2. The number of morpholine rings is 1. The zero-order valence-corrected chi connectivity index (χ0v) is 16.0. The van der Waals surface area contributed by atoms with E-state index in [4.69, 9.17) is 4.74 Å². The summed E-state index contributed by atoms with van der Waals surface area (Å²) in [4.78, 5) is 21.9. The van der Waals surface area contributed by atoms with Crippen molar-refractivity contribution in [3.05, 3.63) is 35.9 Å². The third-order valence-corrected chi connectivity index (χ3v) is 4.37. The highest BCUT2D eigenvalue weighted by Gasteiger charge is 2.40. The second kappa shape index (κ2) is 5.99. The summed E-state index contributed by atoms with van der Waals surface area (Å²) < 4.78 is 6.11. The summed E-state index contributed by atoms with van der Waals surface area (Å²) in [6, 6.07) is 9.70. The third kappa shape index (κ3) is 3.61. The van der Waals surface area contributed by atoms with Crippen LogP contribution in [0.2, 0.25) is 0 Å². The summed E-state index contributed by atoms with van der Waals surface area (Å²) in [5.41, 5.74) is 0.793. The van der Waals surface area contributed by atoms with Gasteiger partial charge < -0.3 is 14.5 Å². The van der Waals surface area contributed by atoms with Gasteiger partial charge in [0.15, 0.2) is 0 Å². The van der Waals surface area contributed by atoms with Crippen LogP contribution in [0.15, 0.2) is 30.3 Å².